The Morgan fingerprint density at radius 2 is 1.73 bits per heavy atom. The first kappa shape index (κ1) is 8.93. The zero-order chi connectivity index (χ0) is 10.4. The fraction of sp³-hybridized carbons (Fsp3) is 0.143. The highest BCUT2D eigenvalue weighted by molar-refractivity contribution is 7.26. The monoisotopic (exact) mass is 212 g/mol. The molecule has 0 unspecified atom stereocenters. The molecule has 0 fully saturated rings. The molecule has 0 saturated carbocycles. The fourth-order valence-corrected chi connectivity index (χ4v) is 3.33. The highest BCUT2D eigenvalue weighted by Crippen LogP contribution is 2.36. The molecular weight excluding hydrogens is 200 g/mol. The van der Waals surface area contributed by atoms with Gasteiger partial charge in [-0.3, -0.25) is 0 Å². The largest absolute Gasteiger partial charge is 0.135 e. The van der Waals surface area contributed by atoms with E-state index in [0.717, 1.165) is 0 Å². The van der Waals surface area contributed by atoms with E-state index >= 15 is 0 Å². The van der Waals surface area contributed by atoms with Crippen LogP contribution in [-0.2, 0) is 0 Å². The van der Waals surface area contributed by atoms with Crippen molar-refractivity contribution in [3.8, 4) is 0 Å². The van der Waals surface area contributed by atoms with Crippen molar-refractivity contribution in [3.05, 3.63) is 47.5 Å². The van der Waals surface area contributed by atoms with Crippen molar-refractivity contribution in [2.75, 3.05) is 0 Å². The third-order valence-electron chi connectivity index (χ3n) is 2.81. The molecule has 3 aromatic rings. The van der Waals surface area contributed by atoms with Gasteiger partial charge < -0.3 is 0 Å². The number of thiophene rings is 1. The van der Waals surface area contributed by atoms with Crippen molar-refractivity contribution in [2.45, 2.75) is 13.8 Å². The van der Waals surface area contributed by atoms with Crippen LogP contribution in [-0.4, -0.2) is 0 Å². The van der Waals surface area contributed by atoms with Gasteiger partial charge in [0.15, 0.2) is 0 Å². The van der Waals surface area contributed by atoms with Crippen LogP contribution in [0, 0.1) is 13.8 Å². The molecule has 0 bridgehead atoms. The lowest BCUT2D eigenvalue weighted by atomic mass is 10.1. The Kier molecular flexibility index (Phi) is 1.83. The van der Waals surface area contributed by atoms with Crippen LogP contribution in [0.2, 0.25) is 0 Å². The Bertz CT molecular complexity index is 647. The second-order valence-corrected chi connectivity index (χ2v) is 5.11. The van der Waals surface area contributed by atoms with Gasteiger partial charge in [0.05, 0.1) is 0 Å². The maximum absolute atomic E-state index is 2.29. The predicted octanol–water partition coefficient (Wildman–Crippen LogP) is 4.67. The normalized spacial score (nSPS) is 11.3. The highest BCUT2D eigenvalue weighted by atomic mass is 32.1. The Labute approximate surface area is 93.2 Å². The number of aryl methyl sites for hydroxylation is 2. The van der Waals surface area contributed by atoms with Crippen molar-refractivity contribution in [2.24, 2.45) is 0 Å². The molecule has 1 aromatic heterocycles. The molecule has 0 spiro atoms. The van der Waals surface area contributed by atoms with Gasteiger partial charge in [0.2, 0.25) is 0 Å². The molecule has 0 aliphatic carbocycles. The fourth-order valence-electron chi connectivity index (χ4n) is 2.18. The number of hydrogen-bond donors (Lipinski definition) is 0. The zero-order valence-corrected chi connectivity index (χ0v) is 9.69. The van der Waals surface area contributed by atoms with Crippen molar-refractivity contribution in [1.82, 2.24) is 0 Å². The van der Waals surface area contributed by atoms with Crippen molar-refractivity contribution in [1.29, 1.82) is 0 Å². The van der Waals surface area contributed by atoms with Crippen LogP contribution < -0.4 is 0 Å². The summed E-state index contributed by atoms with van der Waals surface area (Å²) >= 11 is 1.90. The van der Waals surface area contributed by atoms with Crippen LogP contribution in [0.4, 0.5) is 0 Å². The molecule has 0 saturated heterocycles. The van der Waals surface area contributed by atoms with Gasteiger partial charge in [-0.15, -0.1) is 11.3 Å². The number of benzene rings is 2. The molecule has 74 valence electrons. The van der Waals surface area contributed by atoms with Gasteiger partial charge in [0.1, 0.15) is 0 Å². The van der Waals surface area contributed by atoms with E-state index in [4.69, 9.17) is 0 Å². The van der Waals surface area contributed by atoms with E-state index in [1.165, 1.54) is 31.3 Å². The van der Waals surface area contributed by atoms with Gasteiger partial charge >= 0.3 is 0 Å². The van der Waals surface area contributed by atoms with E-state index in [2.05, 4.69) is 50.2 Å². The molecule has 0 radical (unpaired) electrons. The summed E-state index contributed by atoms with van der Waals surface area (Å²) in [5, 5.41) is 2.80. The van der Waals surface area contributed by atoms with E-state index in [1.807, 2.05) is 11.3 Å². The Morgan fingerprint density at radius 3 is 2.60 bits per heavy atom. The summed E-state index contributed by atoms with van der Waals surface area (Å²) in [6.07, 6.45) is 0. The van der Waals surface area contributed by atoms with Crippen LogP contribution in [0.5, 0.6) is 0 Å². The second-order valence-electron chi connectivity index (χ2n) is 4.06. The lowest BCUT2D eigenvalue weighted by molar-refractivity contribution is 1.44. The van der Waals surface area contributed by atoms with Gasteiger partial charge in [-0.1, -0.05) is 29.8 Å². The van der Waals surface area contributed by atoms with Gasteiger partial charge in [0.25, 0.3) is 0 Å². The van der Waals surface area contributed by atoms with Crippen LogP contribution in [0.1, 0.15) is 11.1 Å². The minimum atomic E-state index is 1.35. The number of fused-ring (bicyclic) bond motifs is 3. The summed E-state index contributed by atoms with van der Waals surface area (Å²) in [5.74, 6) is 0. The smallest absolute Gasteiger partial charge is 0.0384 e. The average Bonchev–Trinajstić information content (AvgIpc) is 2.57. The molecule has 3 rings (SSSR count). The Hall–Kier alpha value is -1.34. The van der Waals surface area contributed by atoms with Crippen molar-refractivity contribution < 1.29 is 0 Å². The van der Waals surface area contributed by atoms with Gasteiger partial charge in [-0.05, 0) is 31.5 Å². The average molecular weight is 212 g/mol. The summed E-state index contributed by atoms with van der Waals surface area (Å²) in [7, 11) is 0. The van der Waals surface area contributed by atoms with E-state index in [-0.39, 0.29) is 0 Å². The van der Waals surface area contributed by atoms with Crippen molar-refractivity contribution in [3.63, 3.8) is 0 Å². The quantitative estimate of drug-likeness (QED) is 0.508. The maximum Gasteiger partial charge on any atom is 0.0384 e. The van der Waals surface area contributed by atoms with E-state index < -0.39 is 0 Å². The lowest BCUT2D eigenvalue weighted by Gasteiger charge is -1.98. The van der Waals surface area contributed by atoms with Gasteiger partial charge in [0, 0.05) is 20.2 Å². The summed E-state index contributed by atoms with van der Waals surface area (Å²) in [5.41, 5.74) is 2.75. The molecule has 0 aliphatic heterocycles. The van der Waals surface area contributed by atoms with Gasteiger partial charge in [-0.25, -0.2) is 0 Å². The molecule has 15 heavy (non-hydrogen) atoms. The first-order valence-electron chi connectivity index (χ1n) is 5.14. The first-order valence-corrected chi connectivity index (χ1v) is 5.96. The topological polar surface area (TPSA) is 0 Å². The maximum atomic E-state index is 2.29. The standard InChI is InChI=1S/C14H12S/c1-9-7-10(2)14-12(8-9)11-5-3-4-6-13(11)15-14/h3-8H,1-2H3. The Morgan fingerprint density at radius 1 is 0.933 bits per heavy atom. The molecule has 0 atom stereocenters. The lowest BCUT2D eigenvalue weighted by Crippen LogP contribution is -1.76. The van der Waals surface area contributed by atoms with Crippen LogP contribution in [0.3, 0.4) is 0 Å². The summed E-state index contributed by atoms with van der Waals surface area (Å²) in [6, 6.07) is 13.2. The second kappa shape index (κ2) is 3.07. The van der Waals surface area contributed by atoms with Crippen LogP contribution in [0.25, 0.3) is 20.2 Å². The molecule has 1 heteroatoms. The predicted molar refractivity (Wildman–Crippen MR) is 68.8 cm³/mol. The SMILES string of the molecule is Cc1cc(C)c2sc3ccccc3c2c1. The van der Waals surface area contributed by atoms with Gasteiger partial charge in [-0.2, -0.15) is 0 Å². The summed E-state index contributed by atoms with van der Waals surface area (Å²) < 4.78 is 2.82. The van der Waals surface area contributed by atoms with Crippen LogP contribution in [0.15, 0.2) is 36.4 Å². The third-order valence-corrected chi connectivity index (χ3v) is 4.13. The molecule has 0 nitrogen and oxygen atoms in total. The minimum absolute atomic E-state index is 1.35. The number of hydrogen-bond acceptors (Lipinski definition) is 1. The molecule has 0 N–H and O–H groups in total. The first-order chi connectivity index (χ1) is 7.25. The van der Waals surface area contributed by atoms with E-state index in [9.17, 15) is 0 Å². The Balaban J connectivity index is 2.61. The summed E-state index contributed by atoms with van der Waals surface area (Å²) in [4.78, 5) is 0. The van der Waals surface area contributed by atoms with E-state index in [1.54, 1.807) is 0 Å². The summed E-state index contributed by atoms with van der Waals surface area (Å²) in [6.45, 7) is 4.36. The molecule has 1 heterocycles. The highest BCUT2D eigenvalue weighted by Gasteiger charge is 2.06. The molecule has 0 amide bonds. The molecule has 2 aromatic carbocycles. The molecular formula is C14H12S. The third kappa shape index (κ3) is 1.27. The molecule has 0 aliphatic rings. The number of rotatable bonds is 0. The zero-order valence-electron chi connectivity index (χ0n) is 8.87. The van der Waals surface area contributed by atoms with E-state index in [0.29, 0.717) is 0 Å². The van der Waals surface area contributed by atoms with Crippen molar-refractivity contribution >= 4 is 31.5 Å². The minimum Gasteiger partial charge on any atom is -0.135 e. The van der Waals surface area contributed by atoms with Crippen LogP contribution >= 0.6 is 11.3 Å².